The number of allylic oxidation sites excluding steroid dienone is 1. The average molecular weight is 284 g/mol. The molecule has 1 nitrogen and oxygen atoms in total. The number of ether oxygens (including phenoxy) is 1. The van der Waals surface area contributed by atoms with E-state index >= 15 is 0 Å². The molecule has 1 aromatic carbocycles. The summed E-state index contributed by atoms with van der Waals surface area (Å²) < 4.78 is 6.55. The van der Waals surface area contributed by atoms with Gasteiger partial charge < -0.3 is 4.74 Å². The molecular weight excluding hydrogens is 256 g/mol. The molecule has 0 spiro atoms. The van der Waals surface area contributed by atoms with Gasteiger partial charge in [-0.05, 0) is 37.7 Å². The Kier molecular flexibility index (Phi) is 5.13. The fourth-order valence-electron chi connectivity index (χ4n) is 3.92. The van der Waals surface area contributed by atoms with Crippen molar-refractivity contribution in [3.63, 3.8) is 0 Å². The van der Waals surface area contributed by atoms with Gasteiger partial charge in [-0.2, -0.15) is 0 Å². The topological polar surface area (TPSA) is 9.23 Å². The van der Waals surface area contributed by atoms with Gasteiger partial charge in [0.05, 0.1) is 12.2 Å². The second kappa shape index (κ2) is 7.26. The summed E-state index contributed by atoms with van der Waals surface area (Å²) in [5.74, 6) is 0.704. The van der Waals surface area contributed by atoms with Gasteiger partial charge in [0.1, 0.15) is 0 Å². The Morgan fingerprint density at radius 2 is 2.00 bits per heavy atom. The number of rotatable bonds is 5. The normalized spacial score (nSPS) is 28.8. The highest BCUT2D eigenvalue weighted by atomic mass is 16.5. The van der Waals surface area contributed by atoms with Crippen LogP contribution in [0, 0.1) is 5.92 Å². The van der Waals surface area contributed by atoms with Crippen molar-refractivity contribution in [2.45, 2.75) is 70.5 Å². The summed E-state index contributed by atoms with van der Waals surface area (Å²) in [5, 5.41) is 0. The minimum Gasteiger partial charge on any atom is -0.369 e. The molecule has 0 aromatic heterocycles. The highest BCUT2D eigenvalue weighted by Gasteiger charge is 2.35. The van der Waals surface area contributed by atoms with Crippen molar-refractivity contribution in [1.29, 1.82) is 0 Å². The number of unbranched alkanes of at least 4 members (excludes halogenated alkanes) is 2. The minimum atomic E-state index is 0.276. The summed E-state index contributed by atoms with van der Waals surface area (Å²) in [7, 11) is 0. The van der Waals surface area contributed by atoms with E-state index in [1.807, 2.05) is 0 Å². The zero-order chi connectivity index (χ0) is 14.5. The molecule has 0 N–H and O–H groups in total. The standard InChI is InChI=1S/C20H28O/c1-2-3-5-14-19-18-13-9-8-12-17(18)15-20(21-19)16-10-6-4-7-11-16/h4,6-7,10-12,18-20H,2-3,5,8-9,13-15H2,1H3/t18-,19+,20+/m1/s1. The SMILES string of the molecule is CCCCC[C@@H]1O[C@H](c2ccccc2)CC2=CCCC[C@H]21. The third kappa shape index (κ3) is 3.58. The third-order valence-corrected chi connectivity index (χ3v) is 5.07. The monoisotopic (exact) mass is 284 g/mol. The first-order valence-electron chi connectivity index (χ1n) is 8.78. The summed E-state index contributed by atoms with van der Waals surface area (Å²) in [4.78, 5) is 0. The summed E-state index contributed by atoms with van der Waals surface area (Å²) in [6, 6.07) is 10.8. The smallest absolute Gasteiger partial charge is 0.0866 e. The molecule has 1 aliphatic heterocycles. The average Bonchev–Trinajstić information content (AvgIpc) is 2.55. The van der Waals surface area contributed by atoms with Crippen molar-refractivity contribution >= 4 is 0 Å². The summed E-state index contributed by atoms with van der Waals surface area (Å²) in [6.45, 7) is 2.28. The van der Waals surface area contributed by atoms with E-state index in [4.69, 9.17) is 4.74 Å². The van der Waals surface area contributed by atoms with Gasteiger partial charge in [-0.15, -0.1) is 0 Å². The van der Waals surface area contributed by atoms with Crippen LogP contribution in [-0.2, 0) is 4.74 Å². The minimum absolute atomic E-state index is 0.276. The van der Waals surface area contributed by atoms with Gasteiger partial charge in [0.2, 0.25) is 0 Å². The molecule has 2 aliphatic rings. The maximum Gasteiger partial charge on any atom is 0.0866 e. The van der Waals surface area contributed by atoms with E-state index in [0.29, 0.717) is 12.0 Å². The van der Waals surface area contributed by atoms with Crippen LogP contribution in [0.4, 0.5) is 0 Å². The first-order valence-corrected chi connectivity index (χ1v) is 8.78. The molecule has 0 amide bonds. The Balaban J connectivity index is 1.74. The van der Waals surface area contributed by atoms with Crippen LogP contribution >= 0.6 is 0 Å². The Hall–Kier alpha value is -1.08. The molecule has 1 fully saturated rings. The lowest BCUT2D eigenvalue weighted by atomic mass is 9.77. The molecular formula is C20H28O. The molecule has 1 saturated heterocycles. The third-order valence-electron chi connectivity index (χ3n) is 5.07. The number of hydrogen-bond acceptors (Lipinski definition) is 1. The Bertz CT molecular complexity index is 462. The fourth-order valence-corrected chi connectivity index (χ4v) is 3.92. The van der Waals surface area contributed by atoms with E-state index in [9.17, 15) is 0 Å². The maximum atomic E-state index is 6.55. The quantitative estimate of drug-likeness (QED) is 0.488. The first kappa shape index (κ1) is 14.8. The van der Waals surface area contributed by atoms with Gasteiger partial charge in [0, 0.05) is 5.92 Å². The van der Waals surface area contributed by atoms with Crippen molar-refractivity contribution in [2.24, 2.45) is 5.92 Å². The van der Waals surface area contributed by atoms with Crippen molar-refractivity contribution in [1.82, 2.24) is 0 Å². The molecule has 114 valence electrons. The lowest BCUT2D eigenvalue weighted by molar-refractivity contribution is -0.0699. The van der Waals surface area contributed by atoms with E-state index in [0.717, 1.165) is 6.42 Å². The van der Waals surface area contributed by atoms with Crippen molar-refractivity contribution < 1.29 is 4.74 Å². The van der Waals surface area contributed by atoms with Crippen LogP contribution in [0.1, 0.15) is 70.0 Å². The van der Waals surface area contributed by atoms with Crippen LogP contribution in [0.3, 0.4) is 0 Å². The highest BCUT2D eigenvalue weighted by molar-refractivity contribution is 5.24. The lowest BCUT2D eigenvalue weighted by Crippen LogP contribution is -2.34. The Labute approximate surface area is 129 Å². The van der Waals surface area contributed by atoms with Gasteiger partial charge in [-0.1, -0.05) is 68.2 Å². The lowest BCUT2D eigenvalue weighted by Gasteiger charge is -2.41. The zero-order valence-electron chi connectivity index (χ0n) is 13.3. The van der Waals surface area contributed by atoms with E-state index in [-0.39, 0.29) is 6.10 Å². The first-order chi connectivity index (χ1) is 10.4. The summed E-state index contributed by atoms with van der Waals surface area (Å²) in [5.41, 5.74) is 3.03. The largest absolute Gasteiger partial charge is 0.369 e. The van der Waals surface area contributed by atoms with Crippen LogP contribution in [0.15, 0.2) is 42.0 Å². The van der Waals surface area contributed by atoms with E-state index in [1.165, 1.54) is 50.5 Å². The van der Waals surface area contributed by atoms with Crippen LogP contribution in [0.2, 0.25) is 0 Å². The highest BCUT2D eigenvalue weighted by Crippen LogP contribution is 2.43. The molecule has 1 aromatic rings. The van der Waals surface area contributed by atoms with Crippen molar-refractivity contribution in [2.75, 3.05) is 0 Å². The van der Waals surface area contributed by atoms with Gasteiger partial charge in [0.15, 0.2) is 0 Å². The molecule has 1 heteroatoms. The van der Waals surface area contributed by atoms with Crippen LogP contribution in [0.5, 0.6) is 0 Å². The molecule has 1 heterocycles. The van der Waals surface area contributed by atoms with E-state index < -0.39 is 0 Å². The summed E-state index contributed by atoms with van der Waals surface area (Å²) in [6.07, 6.45) is 13.5. The molecule has 0 saturated carbocycles. The molecule has 0 bridgehead atoms. The number of benzene rings is 1. The molecule has 0 radical (unpaired) electrons. The van der Waals surface area contributed by atoms with Crippen LogP contribution < -0.4 is 0 Å². The molecule has 3 atom stereocenters. The summed E-state index contributed by atoms with van der Waals surface area (Å²) >= 11 is 0. The van der Waals surface area contributed by atoms with Crippen molar-refractivity contribution in [3.05, 3.63) is 47.5 Å². The van der Waals surface area contributed by atoms with Gasteiger partial charge in [-0.3, -0.25) is 0 Å². The molecule has 1 aliphatic carbocycles. The Morgan fingerprint density at radius 1 is 1.14 bits per heavy atom. The van der Waals surface area contributed by atoms with E-state index in [2.05, 4.69) is 43.3 Å². The molecule has 3 rings (SSSR count). The molecule has 0 unspecified atom stereocenters. The molecule has 21 heavy (non-hydrogen) atoms. The van der Waals surface area contributed by atoms with Crippen LogP contribution in [0.25, 0.3) is 0 Å². The predicted octanol–water partition coefficient (Wildman–Crippen LogP) is 5.82. The van der Waals surface area contributed by atoms with Gasteiger partial charge in [-0.25, -0.2) is 0 Å². The predicted molar refractivity (Wildman–Crippen MR) is 88.2 cm³/mol. The fraction of sp³-hybridized carbons (Fsp3) is 0.600. The number of hydrogen-bond donors (Lipinski definition) is 0. The second-order valence-electron chi connectivity index (χ2n) is 6.59. The maximum absolute atomic E-state index is 6.55. The zero-order valence-corrected chi connectivity index (χ0v) is 13.3. The Morgan fingerprint density at radius 3 is 2.81 bits per heavy atom. The number of fused-ring (bicyclic) bond motifs is 1. The van der Waals surface area contributed by atoms with Crippen molar-refractivity contribution in [3.8, 4) is 0 Å². The van der Waals surface area contributed by atoms with Crippen LogP contribution in [-0.4, -0.2) is 6.10 Å². The van der Waals surface area contributed by atoms with E-state index in [1.54, 1.807) is 5.57 Å². The van der Waals surface area contributed by atoms with Gasteiger partial charge >= 0.3 is 0 Å². The van der Waals surface area contributed by atoms with Gasteiger partial charge in [0.25, 0.3) is 0 Å². The second-order valence-corrected chi connectivity index (χ2v) is 6.59.